The van der Waals surface area contributed by atoms with E-state index in [2.05, 4.69) is 10.2 Å². The maximum Gasteiger partial charge on any atom is 0.328 e. The van der Waals surface area contributed by atoms with E-state index in [1.807, 2.05) is 0 Å². The van der Waals surface area contributed by atoms with E-state index in [1.54, 1.807) is 0 Å². The van der Waals surface area contributed by atoms with Crippen LogP contribution in [-0.4, -0.2) is 26.2 Å². The van der Waals surface area contributed by atoms with Crippen molar-refractivity contribution in [3.05, 3.63) is 46.3 Å². The molecule has 1 N–H and O–H groups in total. The molecule has 0 saturated carbocycles. The average molecular weight is 261 g/mol. The van der Waals surface area contributed by atoms with E-state index in [0.29, 0.717) is 5.56 Å². The third-order valence-corrected chi connectivity index (χ3v) is 2.13. The van der Waals surface area contributed by atoms with Crippen LogP contribution in [0.5, 0.6) is 0 Å². The zero-order valence-electron chi connectivity index (χ0n) is 9.39. The molecule has 0 saturated heterocycles. The molecule has 2 rings (SSSR count). The lowest BCUT2D eigenvalue weighted by Gasteiger charge is -1.93. The van der Waals surface area contributed by atoms with Gasteiger partial charge in [-0.2, -0.15) is 0 Å². The third kappa shape index (κ3) is 3.00. The molecular weight excluding hydrogens is 254 g/mol. The Morgan fingerprint density at radius 2 is 2.00 bits per heavy atom. The molecule has 0 spiro atoms. The molecule has 1 heterocycles. The van der Waals surface area contributed by atoms with Crippen LogP contribution in [0.25, 0.3) is 17.5 Å². The van der Waals surface area contributed by atoms with Crippen LogP contribution in [0.15, 0.2) is 34.8 Å². The Bertz CT molecular complexity index is 645. The van der Waals surface area contributed by atoms with Gasteiger partial charge < -0.3 is 9.52 Å². The number of rotatable bonds is 4. The molecule has 2 aromatic rings. The van der Waals surface area contributed by atoms with Gasteiger partial charge in [0.15, 0.2) is 0 Å². The molecule has 8 heteroatoms. The van der Waals surface area contributed by atoms with E-state index in [4.69, 9.17) is 9.52 Å². The van der Waals surface area contributed by atoms with Crippen molar-refractivity contribution >= 4 is 17.7 Å². The zero-order valence-corrected chi connectivity index (χ0v) is 9.39. The lowest BCUT2D eigenvalue weighted by Crippen LogP contribution is -1.87. The van der Waals surface area contributed by atoms with Crippen molar-refractivity contribution in [2.75, 3.05) is 0 Å². The lowest BCUT2D eigenvalue weighted by atomic mass is 10.2. The fourth-order valence-corrected chi connectivity index (χ4v) is 1.29. The maximum absolute atomic E-state index is 10.5. The van der Waals surface area contributed by atoms with Crippen molar-refractivity contribution in [1.29, 1.82) is 0 Å². The first-order valence-corrected chi connectivity index (χ1v) is 5.05. The highest BCUT2D eigenvalue weighted by molar-refractivity contribution is 5.84. The number of carboxylic acids is 1. The molecule has 0 aliphatic heterocycles. The average Bonchev–Trinajstić information content (AvgIpc) is 2.85. The van der Waals surface area contributed by atoms with Crippen LogP contribution in [0, 0.1) is 10.1 Å². The highest BCUT2D eigenvalue weighted by Gasteiger charge is 2.09. The number of aromatic nitrogens is 2. The molecule has 1 aromatic carbocycles. The van der Waals surface area contributed by atoms with E-state index in [9.17, 15) is 14.9 Å². The summed E-state index contributed by atoms with van der Waals surface area (Å²) in [6.45, 7) is 0. The number of nitrogens with zero attached hydrogens (tertiary/aromatic N) is 3. The summed E-state index contributed by atoms with van der Waals surface area (Å²) in [5, 5.41) is 26.3. The number of aliphatic carboxylic acids is 1. The molecule has 0 radical (unpaired) electrons. The van der Waals surface area contributed by atoms with E-state index < -0.39 is 10.9 Å². The predicted octanol–water partition coefficient (Wildman–Crippen LogP) is 1.74. The molecule has 0 aliphatic rings. The summed E-state index contributed by atoms with van der Waals surface area (Å²) in [6, 6.07) is 5.56. The summed E-state index contributed by atoms with van der Waals surface area (Å²) in [6.07, 6.45) is 2.03. The molecule has 0 fully saturated rings. The lowest BCUT2D eigenvalue weighted by molar-refractivity contribution is -0.384. The predicted molar refractivity (Wildman–Crippen MR) is 63.1 cm³/mol. The molecule has 1 aromatic heterocycles. The second-order valence-electron chi connectivity index (χ2n) is 3.42. The minimum absolute atomic E-state index is 0.0377. The van der Waals surface area contributed by atoms with Gasteiger partial charge in [0.05, 0.1) is 4.92 Å². The third-order valence-electron chi connectivity index (χ3n) is 2.13. The van der Waals surface area contributed by atoms with Gasteiger partial charge in [0.1, 0.15) is 0 Å². The molecule has 19 heavy (non-hydrogen) atoms. The van der Waals surface area contributed by atoms with Crippen LogP contribution >= 0.6 is 0 Å². The summed E-state index contributed by atoms with van der Waals surface area (Å²) < 4.78 is 5.18. The first-order valence-electron chi connectivity index (χ1n) is 5.05. The van der Waals surface area contributed by atoms with Gasteiger partial charge in [-0.25, -0.2) is 4.79 Å². The van der Waals surface area contributed by atoms with Gasteiger partial charge in [-0.3, -0.25) is 10.1 Å². The van der Waals surface area contributed by atoms with Crippen LogP contribution in [0.4, 0.5) is 5.69 Å². The first kappa shape index (κ1) is 12.4. The Labute approximate surface area is 106 Å². The summed E-state index contributed by atoms with van der Waals surface area (Å²) in [5.74, 6) is -0.939. The van der Waals surface area contributed by atoms with Gasteiger partial charge in [-0.15, -0.1) is 10.2 Å². The van der Waals surface area contributed by atoms with Gasteiger partial charge >= 0.3 is 5.97 Å². The van der Waals surface area contributed by atoms with E-state index in [0.717, 1.165) is 12.2 Å². The number of carboxylic acid groups (broad SMARTS) is 1. The fraction of sp³-hybridized carbons (Fsp3) is 0. The Morgan fingerprint density at radius 3 is 2.58 bits per heavy atom. The summed E-state index contributed by atoms with van der Waals surface area (Å²) >= 11 is 0. The van der Waals surface area contributed by atoms with Crippen LogP contribution in [0.1, 0.15) is 5.89 Å². The Kier molecular flexibility index (Phi) is 3.33. The van der Waals surface area contributed by atoms with Crippen LogP contribution in [0.2, 0.25) is 0 Å². The van der Waals surface area contributed by atoms with Crippen molar-refractivity contribution in [1.82, 2.24) is 10.2 Å². The molecule has 96 valence electrons. The van der Waals surface area contributed by atoms with Crippen molar-refractivity contribution in [3.8, 4) is 11.5 Å². The van der Waals surface area contributed by atoms with Gasteiger partial charge in [0, 0.05) is 29.8 Å². The summed E-state index contributed by atoms with van der Waals surface area (Å²) in [5.41, 5.74) is 0.460. The van der Waals surface area contributed by atoms with Crippen molar-refractivity contribution in [2.24, 2.45) is 0 Å². The minimum atomic E-state index is -1.13. The fourth-order valence-electron chi connectivity index (χ4n) is 1.29. The van der Waals surface area contributed by atoms with E-state index in [1.165, 1.54) is 24.3 Å². The van der Waals surface area contributed by atoms with Gasteiger partial charge in [-0.1, -0.05) is 0 Å². The molecule has 0 amide bonds. The summed E-state index contributed by atoms with van der Waals surface area (Å²) in [4.78, 5) is 20.3. The van der Waals surface area contributed by atoms with Gasteiger partial charge in [0.2, 0.25) is 11.8 Å². The number of hydrogen-bond donors (Lipinski definition) is 1. The molecule has 0 atom stereocenters. The van der Waals surface area contributed by atoms with Crippen molar-refractivity contribution in [2.45, 2.75) is 0 Å². The normalized spacial score (nSPS) is 10.7. The van der Waals surface area contributed by atoms with Crippen LogP contribution in [-0.2, 0) is 4.79 Å². The van der Waals surface area contributed by atoms with Crippen molar-refractivity contribution < 1.29 is 19.2 Å². The molecule has 0 aliphatic carbocycles. The van der Waals surface area contributed by atoms with Crippen LogP contribution in [0.3, 0.4) is 0 Å². The first-order chi connectivity index (χ1) is 9.06. The molecule has 0 bridgehead atoms. The highest BCUT2D eigenvalue weighted by Crippen LogP contribution is 2.21. The molecular formula is C11H7N3O5. The van der Waals surface area contributed by atoms with Crippen LogP contribution < -0.4 is 0 Å². The largest absolute Gasteiger partial charge is 0.478 e. The Morgan fingerprint density at radius 1 is 1.32 bits per heavy atom. The standard InChI is InChI=1S/C11H7N3O5/c15-10(16)6-5-9-12-13-11(19-9)7-1-3-8(4-2-7)14(17)18/h1-6H,(H,15,16)/b6-5-. The molecule has 0 unspecified atom stereocenters. The number of carbonyl (C=O) groups is 1. The van der Waals surface area contributed by atoms with E-state index >= 15 is 0 Å². The number of benzene rings is 1. The summed E-state index contributed by atoms with van der Waals surface area (Å²) in [7, 11) is 0. The van der Waals surface area contributed by atoms with Gasteiger partial charge in [-0.05, 0) is 12.1 Å². The Balaban J connectivity index is 2.23. The van der Waals surface area contributed by atoms with Crippen molar-refractivity contribution in [3.63, 3.8) is 0 Å². The number of nitro groups is 1. The quantitative estimate of drug-likeness (QED) is 0.505. The monoisotopic (exact) mass is 261 g/mol. The maximum atomic E-state index is 10.5. The smallest absolute Gasteiger partial charge is 0.328 e. The highest BCUT2D eigenvalue weighted by atomic mass is 16.6. The topological polar surface area (TPSA) is 119 Å². The number of non-ortho nitro benzene ring substituents is 1. The molecule has 8 nitrogen and oxygen atoms in total. The number of hydrogen-bond acceptors (Lipinski definition) is 6. The zero-order chi connectivity index (χ0) is 13.8. The second-order valence-corrected chi connectivity index (χ2v) is 3.42. The van der Waals surface area contributed by atoms with Gasteiger partial charge in [0.25, 0.3) is 5.69 Å². The number of nitro benzene ring substituents is 1. The second kappa shape index (κ2) is 5.08. The SMILES string of the molecule is O=C(O)/C=C\c1nnc(-c2ccc([N+](=O)[O-])cc2)o1. The Hall–Kier alpha value is -3.03. The minimum Gasteiger partial charge on any atom is -0.478 e. The van der Waals surface area contributed by atoms with E-state index in [-0.39, 0.29) is 17.5 Å².